The van der Waals surface area contributed by atoms with Gasteiger partial charge in [-0.05, 0) is 88.8 Å². The van der Waals surface area contributed by atoms with E-state index in [1.165, 1.54) is 31.2 Å². The van der Waals surface area contributed by atoms with Gasteiger partial charge in [-0.1, -0.05) is 24.3 Å². The summed E-state index contributed by atoms with van der Waals surface area (Å²) in [6, 6.07) is 18.2. The molecule has 2 N–H and O–H groups in total. The molecule has 2 aliphatic heterocycles. The van der Waals surface area contributed by atoms with Crippen LogP contribution in [0.25, 0.3) is 16.8 Å². The van der Waals surface area contributed by atoms with Crippen molar-refractivity contribution in [3.05, 3.63) is 66.6 Å². The first-order valence-corrected chi connectivity index (χ1v) is 14.8. The summed E-state index contributed by atoms with van der Waals surface area (Å²) in [7, 11) is 0. The van der Waals surface area contributed by atoms with E-state index in [1.54, 1.807) is 6.33 Å². The standard InChI is InChI=1S/C32H42N8/c1-23-8-7-15-39(23)30-12-6-11-29(37-30)36-28-19-26(21-40-31(28)34-22-35-40)25-10-5-9-24(18-25)20-33-27-13-16-38(17-14-27)32(2,3)4/h5-6,9-12,18-19,21-23,27,33H,7-8,13-17,20H2,1-4H3,(H,36,37). The predicted octanol–water partition coefficient (Wildman–Crippen LogP) is 5.88. The van der Waals surface area contributed by atoms with Gasteiger partial charge >= 0.3 is 0 Å². The van der Waals surface area contributed by atoms with Crippen molar-refractivity contribution < 1.29 is 0 Å². The first kappa shape index (κ1) is 26.7. The van der Waals surface area contributed by atoms with Crippen LogP contribution in [0.4, 0.5) is 17.3 Å². The maximum Gasteiger partial charge on any atom is 0.178 e. The van der Waals surface area contributed by atoms with E-state index in [-0.39, 0.29) is 5.54 Å². The van der Waals surface area contributed by atoms with Crippen LogP contribution < -0.4 is 15.5 Å². The molecule has 0 spiro atoms. The lowest BCUT2D eigenvalue weighted by atomic mass is 9.97. The van der Waals surface area contributed by atoms with Crippen LogP contribution in [-0.4, -0.2) is 61.7 Å². The van der Waals surface area contributed by atoms with Gasteiger partial charge < -0.3 is 15.5 Å². The van der Waals surface area contributed by atoms with Gasteiger partial charge in [-0.2, -0.15) is 5.10 Å². The number of hydrogen-bond acceptors (Lipinski definition) is 7. The molecule has 0 aliphatic carbocycles. The summed E-state index contributed by atoms with van der Waals surface area (Å²) in [6.07, 6.45) is 8.48. The van der Waals surface area contributed by atoms with Crippen LogP contribution in [0, 0.1) is 0 Å². The number of rotatable bonds is 7. The van der Waals surface area contributed by atoms with Crippen LogP contribution in [0.5, 0.6) is 0 Å². The van der Waals surface area contributed by atoms with Crippen molar-refractivity contribution in [3.8, 4) is 11.1 Å². The lowest BCUT2D eigenvalue weighted by Crippen LogP contribution is -2.49. The van der Waals surface area contributed by atoms with Crippen molar-refractivity contribution in [2.45, 2.75) is 77.5 Å². The maximum atomic E-state index is 4.94. The molecule has 0 amide bonds. The number of benzene rings is 1. The van der Waals surface area contributed by atoms with Crippen molar-refractivity contribution in [1.82, 2.24) is 29.8 Å². The van der Waals surface area contributed by atoms with Crippen molar-refractivity contribution in [2.75, 3.05) is 29.9 Å². The van der Waals surface area contributed by atoms with E-state index in [1.807, 2.05) is 10.6 Å². The summed E-state index contributed by atoms with van der Waals surface area (Å²) in [5.74, 6) is 1.84. The third-order valence-electron chi connectivity index (χ3n) is 8.52. The van der Waals surface area contributed by atoms with Crippen LogP contribution in [0.1, 0.15) is 58.9 Å². The van der Waals surface area contributed by atoms with Gasteiger partial charge in [-0.25, -0.2) is 14.5 Å². The minimum absolute atomic E-state index is 0.254. The van der Waals surface area contributed by atoms with Crippen LogP contribution in [0.2, 0.25) is 0 Å². The zero-order valence-electron chi connectivity index (χ0n) is 24.3. The fourth-order valence-corrected chi connectivity index (χ4v) is 6.12. The van der Waals surface area contributed by atoms with Crippen LogP contribution in [-0.2, 0) is 6.54 Å². The lowest BCUT2D eigenvalue weighted by molar-refractivity contribution is 0.0960. The molecule has 40 heavy (non-hydrogen) atoms. The molecule has 8 nitrogen and oxygen atoms in total. The number of nitrogens with zero attached hydrogens (tertiary/aromatic N) is 6. The monoisotopic (exact) mass is 538 g/mol. The van der Waals surface area contributed by atoms with E-state index >= 15 is 0 Å². The lowest BCUT2D eigenvalue weighted by Gasteiger charge is -2.41. The van der Waals surface area contributed by atoms with Crippen LogP contribution >= 0.6 is 0 Å². The normalized spacial score (nSPS) is 19.0. The second-order valence-corrected chi connectivity index (χ2v) is 12.4. The van der Waals surface area contributed by atoms with Gasteiger partial charge in [-0.3, -0.25) is 4.90 Å². The fraction of sp³-hybridized carbons (Fsp3) is 0.469. The highest BCUT2D eigenvalue weighted by Crippen LogP contribution is 2.30. The van der Waals surface area contributed by atoms with Gasteiger partial charge in [0.2, 0.25) is 0 Å². The largest absolute Gasteiger partial charge is 0.354 e. The summed E-state index contributed by atoms with van der Waals surface area (Å²) in [6.45, 7) is 13.5. The molecule has 2 aliphatic rings. The third-order valence-corrected chi connectivity index (χ3v) is 8.52. The maximum absolute atomic E-state index is 4.94. The first-order chi connectivity index (χ1) is 19.3. The molecule has 2 fully saturated rings. The molecule has 4 aromatic rings. The zero-order chi connectivity index (χ0) is 27.7. The quantitative estimate of drug-likeness (QED) is 0.305. The molecule has 0 saturated carbocycles. The summed E-state index contributed by atoms with van der Waals surface area (Å²) < 4.78 is 1.85. The van der Waals surface area contributed by atoms with Gasteiger partial charge in [0.05, 0.1) is 5.69 Å². The fourth-order valence-electron chi connectivity index (χ4n) is 6.12. The number of likely N-dealkylation sites (tertiary alicyclic amines) is 1. The predicted molar refractivity (Wildman–Crippen MR) is 163 cm³/mol. The third kappa shape index (κ3) is 5.83. The molecule has 1 aromatic carbocycles. The highest BCUT2D eigenvalue weighted by molar-refractivity contribution is 5.79. The Balaban J connectivity index is 1.18. The van der Waals surface area contributed by atoms with E-state index in [0.29, 0.717) is 12.1 Å². The number of nitrogens with one attached hydrogen (secondary N) is 2. The molecule has 210 valence electrons. The van der Waals surface area contributed by atoms with Crippen molar-refractivity contribution in [2.24, 2.45) is 0 Å². The summed E-state index contributed by atoms with van der Waals surface area (Å²) in [5, 5.41) is 11.8. The number of piperidine rings is 1. The minimum atomic E-state index is 0.254. The SMILES string of the molecule is CC1CCCN1c1cccc(Nc2cc(-c3cccc(CNC4CCN(C(C)(C)C)CC4)c3)cn3ncnc23)n1. The Morgan fingerprint density at radius 2 is 1.77 bits per heavy atom. The van der Waals surface area contributed by atoms with E-state index in [4.69, 9.17) is 4.98 Å². The molecule has 5 heterocycles. The highest BCUT2D eigenvalue weighted by atomic mass is 15.3. The molecule has 1 unspecified atom stereocenters. The van der Waals surface area contributed by atoms with Gasteiger partial charge in [0, 0.05) is 55.6 Å². The van der Waals surface area contributed by atoms with E-state index in [9.17, 15) is 0 Å². The van der Waals surface area contributed by atoms with E-state index in [0.717, 1.165) is 60.3 Å². The van der Waals surface area contributed by atoms with Crippen molar-refractivity contribution >= 4 is 23.0 Å². The van der Waals surface area contributed by atoms with Crippen LogP contribution in [0.3, 0.4) is 0 Å². The molecule has 2 saturated heterocycles. The van der Waals surface area contributed by atoms with E-state index < -0.39 is 0 Å². The number of aromatic nitrogens is 4. The van der Waals surface area contributed by atoms with E-state index in [2.05, 4.69) is 107 Å². The molecule has 0 radical (unpaired) electrons. The average Bonchev–Trinajstić information content (AvgIpc) is 3.61. The van der Waals surface area contributed by atoms with Crippen molar-refractivity contribution in [1.29, 1.82) is 0 Å². The molecule has 1 atom stereocenters. The molecule has 8 heteroatoms. The van der Waals surface area contributed by atoms with Gasteiger partial charge in [0.1, 0.15) is 18.0 Å². The van der Waals surface area contributed by atoms with Crippen molar-refractivity contribution in [3.63, 3.8) is 0 Å². The van der Waals surface area contributed by atoms with Gasteiger partial charge in [0.15, 0.2) is 5.65 Å². The number of hydrogen-bond donors (Lipinski definition) is 2. The second-order valence-electron chi connectivity index (χ2n) is 12.4. The second kappa shape index (κ2) is 11.2. The minimum Gasteiger partial charge on any atom is -0.354 e. The average molecular weight is 539 g/mol. The number of pyridine rings is 2. The molecule has 3 aromatic heterocycles. The Morgan fingerprint density at radius 3 is 2.55 bits per heavy atom. The summed E-state index contributed by atoms with van der Waals surface area (Å²) in [5.41, 5.74) is 5.47. The summed E-state index contributed by atoms with van der Waals surface area (Å²) >= 11 is 0. The Bertz CT molecular complexity index is 1450. The Hall–Kier alpha value is -3.49. The Kier molecular flexibility index (Phi) is 7.47. The zero-order valence-corrected chi connectivity index (χ0v) is 24.3. The Labute approximate surface area is 237 Å². The van der Waals surface area contributed by atoms with Gasteiger partial charge in [0.25, 0.3) is 0 Å². The summed E-state index contributed by atoms with van der Waals surface area (Å²) in [4.78, 5) is 14.4. The first-order valence-electron chi connectivity index (χ1n) is 14.8. The number of fused-ring (bicyclic) bond motifs is 1. The van der Waals surface area contributed by atoms with Gasteiger partial charge in [-0.15, -0.1) is 0 Å². The smallest absolute Gasteiger partial charge is 0.178 e. The topological polar surface area (TPSA) is 73.6 Å². The molecular formula is C32H42N8. The highest BCUT2D eigenvalue weighted by Gasteiger charge is 2.26. The molecule has 0 bridgehead atoms. The molecule has 6 rings (SSSR count). The van der Waals surface area contributed by atoms with Crippen LogP contribution in [0.15, 0.2) is 61.1 Å². The molecular weight excluding hydrogens is 496 g/mol. The number of anilines is 3. The Morgan fingerprint density at radius 1 is 0.950 bits per heavy atom.